The molecule has 2 atom stereocenters. The number of carbonyl (C=O) groups is 1. The fourth-order valence-corrected chi connectivity index (χ4v) is 4.14. The number of amides is 1. The number of benzene rings is 1. The summed E-state index contributed by atoms with van der Waals surface area (Å²) < 4.78 is 29.9. The van der Waals surface area contributed by atoms with E-state index in [0.29, 0.717) is 17.5 Å². The van der Waals surface area contributed by atoms with Gasteiger partial charge in [-0.1, -0.05) is 26.0 Å². The predicted octanol–water partition coefficient (Wildman–Crippen LogP) is 2.79. The molecule has 140 valence electrons. The first-order valence-corrected chi connectivity index (χ1v) is 8.70. The third-order valence-corrected chi connectivity index (χ3v) is 5.55. The molecule has 5 nitrogen and oxygen atoms in total. The third-order valence-electron chi connectivity index (χ3n) is 5.55. The van der Waals surface area contributed by atoms with E-state index in [1.807, 2.05) is 6.07 Å². The Morgan fingerprint density at radius 3 is 2.67 bits per heavy atom. The number of halogens is 2. The van der Waals surface area contributed by atoms with E-state index in [1.54, 1.807) is 38.1 Å². The van der Waals surface area contributed by atoms with Crippen molar-refractivity contribution in [2.45, 2.75) is 32.0 Å². The number of carbonyl (C=O) groups excluding carboxylic acids is 1. The Labute approximate surface area is 155 Å². The largest absolute Gasteiger partial charge is 0.369 e. The summed E-state index contributed by atoms with van der Waals surface area (Å²) in [4.78, 5) is 22.2. The summed E-state index contributed by atoms with van der Waals surface area (Å²) in [7, 11) is 1.48. The molecule has 2 aliphatic rings. The summed E-state index contributed by atoms with van der Waals surface area (Å²) in [5.74, 6) is -1.16. The summed E-state index contributed by atoms with van der Waals surface area (Å²) in [5.41, 5.74) is 5.37. The molecule has 2 unspecified atom stereocenters. The van der Waals surface area contributed by atoms with Gasteiger partial charge in [-0.15, -0.1) is 0 Å². The highest BCUT2D eigenvalue weighted by molar-refractivity contribution is 6.07. The van der Waals surface area contributed by atoms with Crippen LogP contribution in [0.5, 0.6) is 0 Å². The van der Waals surface area contributed by atoms with Crippen molar-refractivity contribution >= 4 is 11.9 Å². The molecule has 0 saturated heterocycles. The van der Waals surface area contributed by atoms with Crippen LogP contribution in [0.15, 0.2) is 41.5 Å². The molecule has 27 heavy (non-hydrogen) atoms. The standard InChI is InChI=1S/C20H20F2N4O/c1-19(2)10-12-7-6-11(13-5-4-8-24-15(13)21)9-14(12)20(16(19)22)17(27)26(3)18(23)25-20/h4-9,16H,10H2,1-3H3,(H2,23,25). The molecule has 1 amide bonds. The maximum Gasteiger partial charge on any atom is 0.264 e. The molecule has 1 aromatic carbocycles. The number of pyridine rings is 1. The number of hydrogen-bond donors (Lipinski definition) is 1. The summed E-state index contributed by atoms with van der Waals surface area (Å²) in [6.07, 6.45) is 0.231. The molecule has 2 aromatic rings. The topological polar surface area (TPSA) is 71.6 Å². The molecule has 0 radical (unpaired) electrons. The van der Waals surface area contributed by atoms with Gasteiger partial charge in [0.05, 0.1) is 0 Å². The van der Waals surface area contributed by atoms with E-state index in [9.17, 15) is 9.18 Å². The smallest absolute Gasteiger partial charge is 0.264 e. The van der Waals surface area contributed by atoms with Gasteiger partial charge in [-0.2, -0.15) is 4.39 Å². The zero-order valence-electron chi connectivity index (χ0n) is 15.3. The lowest BCUT2D eigenvalue weighted by Crippen LogP contribution is -2.54. The van der Waals surface area contributed by atoms with Crippen LogP contribution in [-0.2, 0) is 16.8 Å². The number of hydrogen-bond acceptors (Lipinski definition) is 4. The summed E-state index contributed by atoms with van der Waals surface area (Å²) in [6.45, 7) is 3.54. The number of nitrogens with zero attached hydrogens (tertiary/aromatic N) is 3. The van der Waals surface area contributed by atoms with Crippen LogP contribution in [0.1, 0.15) is 25.0 Å². The minimum atomic E-state index is -1.75. The second kappa shape index (κ2) is 5.58. The molecule has 2 N–H and O–H groups in total. The SMILES string of the molecule is CN1C(=O)C2(N=C1N)c1cc(-c3cccnc3F)ccc1CC(C)(C)C2F. The maximum absolute atomic E-state index is 15.7. The van der Waals surface area contributed by atoms with E-state index in [2.05, 4.69) is 9.98 Å². The van der Waals surface area contributed by atoms with Gasteiger partial charge in [0.25, 0.3) is 5.91 Å². The molecule has 1 aromatic heterocycles. The van der Waals surface area contributed by atoms with Gasteiger partial charge >= 0.3 is 0 Å². The van der Waals surface area contributed by atoms with Crippen molar-refractivity contribution in [2.24, 2.45) is 16.1 Å². The minimum absolute atomic E-state index is 0.0238. The molecule has 1 aliphatic carbocycles. The number of aromatic nitrogens is 1. The van der Waals surface area contributed by atoms with Gasteiger partial charge in [0.15, 0.2) is 11.5 Å². The molecule has 1 aliphatic heterocycles. The highest BCUT2D eigenvalue weighted by Gasteiger charge is 2.61. The summed E-state index contributed by atoms with van der Waals surface area (Å²) in [5, 5.41) is 0. The third kappa shape index (κ3) is 2.30. The van der Waals surface area contributed by atoms with Gasteiger partial charge in [-0.25, -0.2) is 14.4 Å². The summed E-state index contributed by atoms with van der Waals surface area (Å²) in [6, 6.07) is 8.43. The Balaban J connectivity index is 1.99. The van der Waals surface area contributed by atoms with Gasteiger partial charge in [-0.3, -0.25) is 9.69 Å². The Morgan fingerprint density at radius 2 is 2.04 bits per heavy atom. The van der Waals surface area contributed by atoms with Crippen LogP contribution in [0.2, 0.25) is 0 Å². The quantitative estimate of drug-likeness (QED) is 0.785. The summed E-state index contributed by atoms with van der Waals surface area (Å²) >= 11 is 0. The monoisotopic (exact) mass is 370 g/mol. The van der Waals surface area contributed by atoms with Gasteiger partial charge in [-0.05, 0) is 41.3 Å². The van der Waals surface area contributed by atoms with Crippen molar-refractivity contribution in [2.75, 3.05) is 7.05 Å². The molecule has 0 fully saturated rings. The van der Waals surface area contributed by atoms with Crippen LogP contribution >= 0.6 is 0 Å². The van der Waals surface area contributed by atoms with E-state index in [4.69, 9.17) is 5.73 Å². The highest BCUT2D eigenvalue weighted by Crippen LogP contribution is 2.52. The average Bonchev–Trinajstić information content (AvgIpc) is 2.85. The molecular formula is C20H20F2N4O. The van der Waals surface area contributed by atoms with E-state index in [0.717, 1.165) is 5.56 Å². The number of guanidine groups is 1. The van der Waals surface area contributed by atoms with Crippen LogP contribution in [0.3, 0.4) is 0 Å². The first-order chi connectivity index (χ1) is 12.7. The first kappa shape index (κ1) is 17.6. The second-order valence-electron chi connectivity index (χ2n) is 7.84. The Bertz CT molecular complexity index is 988. The molecule has 4 rings (SSSR count). The first-order valence-electron chi connectivity index (χ1n) is 8.70. The average molecular weight is 370 g/mol. The van der Waals surface area contributed by atoms with Crippen LogP contribution in [0.4, 0.5) is 8.78 Å². The lowest BCUT2D eigenvalue weighted by atomic mass is 9.63. The van der Waals surface area contributed by atoms with E-state index >= 15 is 4.39 Å². The van der Waals surface area contributed by atoms with Crippen molar-refractivity contribution in [1.29, 1.82) is 0 Å². The fraction of sp³-hybridized carbons (Fsp3) is 0.350. The van der Waals surface area contributed by atoms with Gasteiger partial charge in [0.1, 0.15) is 6.17 Å². The molecule has 1 spiro atoms. The number of nitrogens with two attached hydrogens (primary N) is 1. The zero-order chi connectivity index (χ0) is 19.6. The number of alkyl halides is 1. The second-order valence-corrected chi connectivity index (χ2v) is 7.84. The van der Waals surface area contributed by atoms with Crippen molar-refractivity contribution in [3.8, 4) is 11.1 Å². The zero-order valence-corrected chi connectivity index (χ0v) is 15.3. The molecule has 2 heterocycles. The minimum Gasteiger partial charge on any atom is -0.369 e. The van der Waals surface area contributed by atoms with Crippen LogP contribution in [-0.4, -0.2) is 35.0 Å². The molecular weight excluding hydrogens is 350 g/mol. The Hall–Kier alpha value is -2.83. The predicted molar refractivity (Wildman–Crippen MR) is 98.1 cm³/mol. The molecule has 7 heteroatoms. The lowest BCUT2D eigenvalue weighted by Gasteiger charge is -2.44. The van der Waals surface area contributed by atoms with Crippen LogP contribution in [0, 0.1) is 11.4 Å². The van der Waals surface area contributed by atoms with Crippen LogP contribution < -0.4 is 5.73 Å². The molecule has 0 saturated carbocycles. The van der Waals surface area contributed by atoms with Crippen LogP contribution in [0.25, 0.3) is 11.1 Å². The number of aliphatic imine (C=N–C) groups is 1. The lowest BCUT2D eigenvalue weighted by molar-refractivity contribution is -0.136. The molecule has 0 bridgehead atoms. The van der Waals surface area contributed by atoms with Crippen molar-refractivity contribution in [1.82, 2.24) is 9.88 Å². The van der Waals surface area contributed by atoms with Crippen molar-refractivity contribution in [3.05, 3.63) is 53.6 Å². The van der Waals surface area contributed by atoms with E-state index in [1.165, 1.54) is 18.1 Å². The maximum atomic E-state index is 15.7. The Kier molecular flexibility index (Phi) is 3.63. The van der Waals surface area contributed by atoms with Crippen molar-refractivity contribution < 1.29 is 13.6 Å². The number of rotatable bonds is 1. The fourth-order valence-electron chi connectivity index (χ4n) is 4.14. The van der Waals surface area contributed by atoms with E-state index < -0.39 is 29.0 Å². The van der Waals surface area contributed by atoms with Gasteiger partial charge in [0.2, 0.25) is 5.95 Å². The Morgan fingerprint density at radius 1 is 1.30 bits per heavy atom. The number of likely N-dealkylation sites (N-methyl/N-ethyl adjacent to an activating group) is 1. The number of fused-ring (bicyclic) bond motifs is 2. The highest BCUT2D eigenvalue weighted by atomic mass is 19.1. The van der Waals surface area contributed by atoms with Crippen molar-refractivity contribution in [3.63, 3.8) is 0 Å². The van der Waals surface area contributed by atoms with Gasteiger partial charge in [0, 0.05) is 24.2 Å². The van der Waals surface area contributed by atoms with Gasteiger partial charge < -0.3 is 5.73 Å². The van der Waals surface area contributed by atoms with E-state index in [-0.39, 0.29) is 11.5 Å². The normalized spacial score (nSPS) is 26.3.